The third-order valence-electron chi connectivity index (χ3n) is 3.70. The van der Waals surface area contributed by atoms with E-state index in [1.54, 1.807) is 0 Å². The van der Waals surface area contributed by atoms with Crippen LogP contribution >= 0.6 is 11.6 Å². The fourth-order valence-electron chi connectivity index (χ4n) is 2.59. The van der Waals surface area contributed by atoms with Crippen LogP contribution in [0, 0.1) is 13.8 Å². The monoisotopic (exact) mass is 305 g/mol. The first kappa shape index (κ1) is 16.1. The van der Waals surface area contributed by atoms with E-state index in [9.17, 15) is 0 Å². The Labute approximate surface area is 132 Å². The molecule has 0 radical (unpaired) electrons. The van der Waals surface area contributed by atoms with E-state index in [1.807, 2.05) is 28.9 Å². The van der Waals surface area contributed by atoms with E-state index in [2.05, 4.69) is 31.2 Å². The van der Waals surface area contributed by atoms with Crippen molar-refractivity contribution in [3.8, 4) is 5.69 Å². The minimum atomic E-state index is 0.741. The van der Waals surface area contributed by atoms with E-state index < -0.39 is 0 Å². The summed E-state index contributed by atoms with van der Waals surface area (Å²) in [7, 11) is 0. The van der Waals surface area contributed by atoms with Crippen LogP contribution in [0.5, 0.6) is 0 Å². The van der Waals surface area contributed by atoms with Gasteiger partial charge in [0.2, 0.25) is 0 Å². The molecule has 0 aliphatic carbocycles. The van der Waals surface area contributed by atoms with Crippen molar-refractivity contribution in [3.63, 3.8) is 0 Å². The number of benzene rings is 1. The van der Waals surface area contributed by atoms with Crippen molar-refractivity contribution < 1.29 is 0 Å². The Balaban J connectivity index is 2.10. The smallest absolute Gasteiger partial charge is 0.0663 e. The predicted molar refractivity (Wildman–Crippen MR) is 89.5 cm³/mol. The molecule has 0 amide bonds. The Morgan fingerprint density at radius 2 is 2.05 bits per heavy atom. The fourth-order valence-corrected chi connectivity index (χ4v) is 2.77. The topological polar surface area (TPSA) is 29.9 Å². The molecule has 0 aliphatic heterocycles. The van der Waals surface area contributed by atoms with Crippen molar-refractivity contribution in [2.24, 2.45) is 0 Å². The molecule has 0 spiro atoms. The van der Waals surface area contributed by atoms with Crippen molar-refractivity contribution in [2.75, 3.05) is 13.1 Å². The first-order valence-electron chi connectivity index (χ1n) is 7.65. The highest BCUT2D eigenvalue weighted by Gasteiger charge is 2.12. The lowest BCUT2D eigenvalue weighted by molar-refractivity contribution is 0.638. The number of rotatable bonds is 7. The number of aryl methyl sites for hydroxylation is 1. The SMILES string of the molecule is CCCNCCCc1c(C)nn(-c2cccc(Cl)c2)c1C. The number of nitrogens with zero attached hydrogens (tertiary/aromatic N) is 2. The van der Waals surface area contributed by atoms with Crippen molar-refractivity contribution in [2.45, 2.75) is 40.0 Å². The molecule has 0 aliphatic rings. The lowest BCUT2D eigenvalue weighted by Gasteiger charge is -2.06. The molecule has 0 saturated heterocycles. The van der Waals surface area contributed by atoms with E-state index in [4.69, 9.17) is 11.6 Å². The van der Waals surface area contributed by atoms with Crippen LogP contribution in [0.1, 0.15) is 36.7 Å². The van der Waals surface area contributed by atoms with Gasteiger partial charge < -0.3 is 5.32 Å². The Kier molecular flexibility index (Phi) is 5.83. The standard InChI is InChI=1S/C17H24ClN3/c1-4-10-19-11-6-9-17-13(2)20-21(14(17)3)16-8-5-7-15(18)12-16/h5,7-8,12,19H,4,6,9-11H2,1-3H3. The molecule has 0 saturated carbocycles. The fraction of sp³-hybridized carbons (Fsp3) is 0.471. The normalized spacial score (nSPS) is 11.0. The number of nitrogens with one attached hydrogen (secondary N) is 1. The quantitative estimate of drug-likeness (QED) is 0.781. The molecule has 0 unspecified atom stereocenters. The summed E-state index contributed by atoms with van der Waals surface area (Å²) in [6.45, 7) is 8.57. The zero-order chi connectivity index (χ0) is 15.2. The summed E-state index contributed by atoms with van der Waals surface area (Å²) in [4.78, 5) is 0. The summed E-state index contributed by atoms with van der Waals surface area (Å²) in [6.07, 6.45) is 3.39. The Bertz CT molecular complexity index is 590. The highest BCUT2D eigenvalue weighted by molar-refractivity contribution is 6.30. The Morgan fingerprint density at radius 1 is 1.24 bits per heavy atom. The van der Waals surface area contributed by atoms with Crippen molar-refractivity contribution in [1.82, 2.24) is 15.1 Å². The van der Waals surface area contributed by atoms with Crippen molar-refractivity contribution in [1.29, 1.82) is 0 Å². The molecule has 114 valence electrons. The summed E-state index contributed by atoms with van der Waals surface area (Å²) in [5.74, 6) is 0. The molecule has 0 fully saturated rings. The lowest BCUT2D eigenvalue weighted by Crippen LogP contribution is -2.16. The van der Waals surface area contributed by atoms with Gasteiger partial charge in [-0.05, 0) is 70.0 Å². The van der Waals surface area contributed by atoms with Crippen LogP contribution in [0.3, 0.4) is 0 Å². The minimum absolute atomic E-state index is 0.741. The zero-order valence-electron chi connectivity index (χ0n) is 13.1. The van der Waals surface area contributed by atoms with Crippen molar-refractivity contribution >= 4 is 11.6 Å². The van der Waals surface area contributed by atoms with Gasteiger partial charge in [-0.1, -0.05) is 24.6 Å². The van der Waals surface area contributed by atoms with Crippen LogP contribution in [0.15, 0.2) is 24.3 Å². The molecular formula is C17H24ClN3. The largest absolute Gasteiger partial charge is 0.317 e. The van der Waals surface area contributed by atoms with E-state index >= 15 is 0 Å². The lowest BCUT2D eigenvalue weighted by atomic mass is 10.1. The second-order valence-electron chi connectivity index (χ2n) is 5.39. The second kappa shape index (κ2) is 7.62. The second-order valence-corrected chi connectivity index (χ2v) is 5.83. The van der Waals surface area contributed by atoms with Crippen LogP contribution in [0.25, 0.3) is 5.69 Å². The summed E-state index contributed by atoms with van der Waals surface area (Å²) in [6, 6.07) is 7.84. The summed E-state index contributed by atoms with van der Waals surface area (Å²) >= 11 is 6.08. The molecule has 4 heteroatoms. The third kappa shape index (κ3) is 4.08. The molecular weight excluding hydrogens is 282 g/mol. The average Bonchev–Trinajstić information content (AvgIpc) is 2.74. The molecule has 0 bridgehead atoms. The van der Waals surface area contributed by atoms with E-state index in [1.165, 1.54) is 17.7 Å². The van der Waals surface area contributed by atoms with Crippen molar-refractivity contribution in [3.05, 3.63) is 46.2 Å². The molecule has 2 aromatic rings. The zero-order valence-corrected chi connectivity index (χ0v) is 13.9. The number of aromatic nitrogens is 2. The van der Waals surface area contributed by atoms with Gasteiger partial charge in [-0.3, -0.25) is 0 Å². The van der Waals surface area contributed by atoms with Gasteiger partial charge in [0.15, 0.2) is 0 Å². The minimum Gasteiger partial charge on any atom is -0.317 e. The summed E-state index contributed by atoms with van der Waals surface area (Å²) < 4.78 is 2.00. The maximum atomic E-state index is 6.08. The van der Waals surface area contributed by atoms with Crippen LogP contribution in [-0.2, 0) is 6.42 Å². The van der Waals surface area contributed by atoms with Gasteiger partial charge in [0, 0.05) is 10.7 Å². The van der Waals surface area contributed by atoms with Crippen LogP contribution in [0.2, 0.25) is 5.02 Å². The summed E-state index contributed by atoms with van der Waals surface area (Å²) in [5, 5.41) is 8.86. The molecule has 21 heavy (non-hydrogen) atoms. The van der Waals surface area contributed by atoms with E-state index in [-0.39, 0.29) is 0 Å². The molecule has 1 aromatic carbocycles. The molecule has 0 atom stereocenters. The Morgan fingerprint density at radius 3 is 2.76 bits per heavy atom. The van der Waals surface area contributed by atoms with Crippen LogP contribution in [0.4, 0.5) is 0 Å². The highest BCUT2D eigenvalue weighted by Crippen LogP contribution is 2.21. The highest BCUT2D eigenvalue weighted by atomic mass is 35.5. The summed E-state index contributed by atoms with van der Waals surface area (Å²) in [5.41, 5.74) is 4.71. The van der Waals surface area contributed by atoms with E-state index in [0.717, 1.165) is 42.3 Å². The van der Waals surface area contributed by atoms with Gasteiger partial charge in [0.25, 0.3) is 0 Å². The number of halogens is 1. The van der Waals surface area contributed by atoms with Crippen LogP contribution in [-0.4, -0.2) is 22.9 Å². The van der Waals surface area contributed by atoms with Gasteiger partial charge >= 0.3 is 0 Å². The number of hydrogen-bond donors (Lipinski definition) is 1. The number of hydrogen-bond acceptors (Lipinski definition) is 2. The first-order valence-corrected chi connectivity index (χ1v) is 8.03. The Hall–Kier alpha value is -1.32. The molecule has 1 heterocycles. The average molecular weight is 306 g/mol. The van der Waals surface area contributed by atoms with Gasteiger partial charge in [-0.25, -0.2) is 4.68 Å². The molecule has 1 N–H and O–H groups in total. The van der Waals surface area contributed by atoms with Gasteiger partial charge in [-0.15, -0.1) is 0 Å². The predicted octanol–water partition coefficient (Wildman–Crippen LogP) is 4.07. The van der Waals surface area contributed by atoms with E-state index in [0.29, 0.717) is 0 Å². The van der Waals surface area contributed by atoms with Crippen LogP contribution < -0.4 is 5.32 Å². The molecule has 3 nitrogen and oxygen atoms in total. The van der Waals surface area contributed by atoms with Gasteiger partial charge in [-0.2, -0.15) is 5.10 Å². The maximum absolute atomic E-state index is 6.08. The first-order chi connectivity index (χ1) is 10.1. The van der Waals surface area contributed by atoms with Gasteiger partial charge in [0.1, 0.15) is 0 Å². The molecule has 1 aromatic heterocycles. The van der Waals surface area contributed by atoms with Gasteiger partial charge in [0.05, 0.1) is 11.4 Å². The molecule has 2 rings (SSSR count). The maximum Gasteiger partial charge on any atom is 0.0663 e. The third-order valence-corrected chi connectivity index (χ3v) is 3.94.